The van der Waals surface area contributed by atoms with Gasteiger partial charge in [-0.05, 0) is 53.3 Å². The maximum Gasteiger partial charge on any atom is 0.105 e. The van der Waals surface area contributed by atoms with E-state index in [1.807, 2.05) is 25.4 Å². The number of rotatable bonds is 1. The second-order valence-electron chi connectivity index (χ2n) is 4.01. The van der Waals surface area contributed by atoms with Gasteiger partial charge in [-0.2, -0.15) is 0 Å². The van der Waals surface area contributed by atoms with E-state index in [0.717, 1.165) is 31.8 Å². The van der Waals surface area contributed by atoms with Gasteiger partial charge in [-0.25, -0.2) is 0 Å². The third kappa shape index (κ3) is 1.97. The zero-order chi connectivity index (χ0) is 11.8. The molecule has 0 saturated heterocycles. The SMILES string of the molecule is Cc1cc(-c2cnc3c(c2)C(I)=NC3)ccn1. The van der Waals surface area contributed by atoms with E-state index < -0.39 is 0 Å². The van der Waals surface area contributed by atoms with Crippen molar-refractivity contribution in [3.63, 3.8) is 0 Å². The number of hydrogen-bond acceptors (Lipinski definition) is 3. The number of hydrogen-bond donors (Lipinski definition) is 0. The van der Waals surface area contributed by atoms with Crippen LogP contribution in [-0.2, 0) is 6.54 Å². The number of fused-ring (bicyclic) bond motifs is 1. The van der Waals surface area contributed by atoms with Crippen LogP contribution in [0.3, 0.4) is 0 Å². The smallest absolute Gasteiger partial charge is 0.105 e. The molecule has 1 aliphatic rings. The summed E-state index contributed by atoms with van der Waals surface area (Å²) in [5.74, 6) is 0. The van der Waals surface area contributed by atoms with Crippen molar-refractivity contribution in [1.29, 1.82) is 0 Å². The Hall–Kier alpha value is -1.30. The van der Waals surface area contributed by atoms with E-state index in [9.17, 15) is 0 Å². The second kappa shape index (κ2) is 4.18. The number of aliphatic imine (C=N–C) groups is 1. The van der Waals surface area contributed by atoms with Gasteiger partial charge in [-0.3, -0.25) is 15.0 Å². The fourth-order valence-corrected chi connectivity index (χ4v) is 2.55. The highest BCUT2D eigenvalue weighted by Gasteiger charge is 2.15. The Morgan fingerprint density at radius 1 is 1.18 bits per heavy atom. The lowest BCUT2D eigenvalue weighted by molar-refractivity contribution is 1.02. The molecule has 0 spiro atoms. The van der Waals surface area contributed by atoms with Gasteiger partial charge in [0.2, 0.25) is 0 Å². The average molecular weight is 335 g/mol. The van der Waals surface area contributed by atoms with Gasteiger partial charge in [-0.1, -0.05) is 0 Å². The van der Waals surface area contributed by atoms with Crippen molar-refractivity contribution in [1.82, 2.24) is 9.97 Å². The van der Waals surface area contributed by atoms with Gasteiger partial charge in [-0.15, -0.1) is 0 Å². The molecule has 0 saturated carbocycles. The third-order valence-electron chi connectivity index (χ3n) is 2.79. The Labute approximate surface area is 113 Å². The van der Waals surface area contributed by atoms with Gasteiger partial charge in [0.1, 0.15) is 3.72 Å². The van der Waals surface area contributed by atoms with E-state index in [-0.39, 0.29) is 0 Å². The van der Waals surface area contributed by atoms with Crippen LogP contribution in [0.25, 0.3) is 11.1 Å². The molecule has 1 aliphatic heterocycles. The van der Waals surface area contributed by atoms with Gasteiger partial charge in [0.15, 0.2) is 0 Å². The average Bonchev–Trinajstić information content (AvgIpc) is 2.71. The van der Waals surface area contributed by atoms with E-state index in [1.54, 1.807) is 0 Å². The van der Waals surface area contributed by atoms with Gasteiger partial charge >= 0.3 is 0 Å². The number of aromatic nitrogens is 2. The van der Waals surface area contributed by atoms with Crippen LogP contribution in [0.2, 0.25) is 0 Å². The lowest BCUT2D eigenvalue weighted by atomic mass is 10.1. The van der Waals surface area contributed by atoms with E-state index in [2.05, 4.69) is 49.7 Å². The maximum absolute atomic E-state index is 4.48. The second-order valence-corrected chi connectivity index (χ2v) is 5.03. The molecule has 0 fully saturated rings. The van der Waals surface area contributed by atoms with E-state index in [0.29, 0.717) is 6.54 Å². The van der Waals surface area contributed by atoms with Crippen LogP contribution in [0, 0.1) is 6.92 Å². The van der Waals surface area contributed by atoms with Crippen molar-refractivity contribution < 1.29 is 0 Å². The topological polar surface area (TPSA) is 38.1 Å². The molecular formula is C13H10IN3. The third-order valence-corrected chi connectivity index (χ3v) is 3.71. The first-order valence-electron chi connectivity index (χ1n) is 5.36. The fraction of sp³-hybridized carbons (Fsp3) is 0.154. The van der Waals surface area contributed by atoms with Crippen LogP contribution in [0.1, 0.15) is 17.0 Å². The highest BCUT2D eigenvalue weighted by Crippen LogP contribution is 2.26. The molecule has 0 N–H and O–H groups in total. The standard InChI is InChI=1S/C13H10IN3/c1-8-4-9(2-3-15-8)10-5-11-12(16-6-10)7-17-13(11)14/h2-6H,7H2,1H3. The highest BCUT2D eigenvalue weighted by molar-refractivity contribution is 14.1. The van der Waals surface area contributed by atoms with E-state index in [1.165, 1.54) is 0 Å². The monoisotopic (exact) mass is 335 g/mol. The summed E-state index contributed by atoms with van der Waals surface area (Å²) < 4.78 is 1.05. The molecule has 3 rings (SSSR count). The van der Waals surface area contributed by atoms with Crippen LogP contribution in [0.5, 0.6) is 0 Å². The molecule has 0 amide bonds. The molecule has 3 nitrogen and oxygen atoms in total. The van der Waals surface area contributed by atoms with Gasteiger partial charge in [0.05, 0.1) is 12.2 Å². The first-order chi connectivity index (χ1) is 8.24. The molecule has 0 atom stereocenters. The highest BCUT2D eigenvalue weighted by atomic mass is 127. The molecule has 0 radical (unpaired) electrons. The Bertz CT molecular complexity index is 620. The lowest BCUT2D eigenvalue weighted by Gasteiger charge is -2.04. The normalized spacial score (nSPS) is 13.4. The minimum atomic E-state index is 0.712. The molecule has 2 aromatic rings. The molecule has 0 aliphatic carbocycles. The Morgan fingerprint density at radius 2 is 2.06 bits per heavy atom. The van der Waals surface area contributed by atoms with Crippen LogP contribution in [0.15, 0.2) is 35.6 Å². The predicted octanol–water partition coefficient (Wildman–Crippen LogP) is 3.15. The number of pyridine rings is 2. The number of nitrogens with zero attached hydrogens (tertiary/aromatic N) is 3. The minimum Gasteiger partial charge on any atom is -0.272 e. The van der Waals surface area contributed by atoms with Gasteiger partial charge in [0.25, 0.3) is 0 Å². The largest absolute Gasteiger partial charge is 0.272 e. The molecule has 84 valence electrons. The Morgan fingerprint density at radius 3 is 2.88 bits per heavy atom. The Balaban J connectivity index is 2.11. The molecule has 0 bridgehead atoms. The predicted molar refractivity (Wildman–Crippen MR) is 76.5 cm³/mol. The summed E-state index contributed by atoms with van der Waals surface area (Å²) in [6, 6.07) is 6.24. The minimum absolute atomic E-state index is 0.712. The number of aryl methyl sites for hydroxylation is 1. The molecule has 4 heteroatoms. The molecular weight excluding hydrogens is 325 g/mol. The summed E-state index contributed by atoms with van der Waals surface area (Å²) in [6.07, 6.45) is 3.75. The lowest BCUT2D eigenvalue weighted by Crippen LogP contribution is -1.94. The van der Waals surface area contributed by atoms with Crippen LogP contribution in [0.4, 0.5) is 0 Å². The fourth-order valence-electron chi connectivity index (χ4n) is 1.91. The summed E-state index contributed by atoms with van der Waals surface area (Å²) in [6.45, 7) is 2.71. The summed E-state index contributed by atoms with van der Waals surface area (Å²) >= 11 is 2.26. The van der Waals surface area contributed by atoms with Crippen LogP contribution < -0.4 is 0 Å². The Kier molecular flexibility index (Phi) is 2.66. The van der Waals surface area contributed by atoms with Crippen molar-refractivity contribution in [2.24, 2.45) is 4.99 Å². The van der Waals surface area contributed by atoms with Crippen molar-refractivity contribution >= 4 is 26.3 Å². The zero-order valence-electron chi connectivity index (χ0n) is 9.31. The summed E-state index contributed by atoms with van der Waals surface area (Å²) in [7, 11) is 0. The van der Waals surface area contributed by atoms with Crippen molar-refractivity contribution in [3.8, 4) is 11.1 Å². The van der Waals surface area contributed by atoms with Crippen LogP contribution in [-0.4, -0.2) is 13.7 Å². The van der Waals surface area contributed by atoms with E-state index >= 15 is 0 Å². The van der Waals surface area contributed by atoms with E-state index in [4.69, 9.17) is 0 Å². The molecule has 2 aromatic heterocycles. The molecule has 3 heterocycles. The van der Waals surface area contributed by atoms with Crippen molar-refractivity contribution in [3.05, 3.63) is 47.5 Å². The zero-order valence-corrected chi connectivity index (χ0v) is 11.5. The first-order valence-corrected chi connectivity index (χ1v) is 6.44. The summed E-state index contributed by atoms with van der Waals surface area (Å²) in [5.41, 5.74) is 5.54. The van der Waals surface area contributed by atoms with Crippen molar-refractivity contribution in [2.45, 2.75) is 13.5 Å². The summed E-state index contributed by atoms with van der Waals surface area (Å²) in [4.78, 5) is 13.1. The molecule has 0 unspecified atom stereocenters. The molecule has 0 aromatic carbocycles. The maximum atomic E-state index is 4.48. The van der Waals surface area contributed by atoms with Crippen molar-refractivity contribution in [2.75, 3.05) is 0 Å². The number of halogens is 1. The summed E-state index contributed by atoms with van der Waals surface area (Å²) in [5, 5.41) is 0. The quantitative estimate of drug-likeness (QED) is 0.751. The molecule has 17 heavy (non-hydrogen) atoms. The van der Waals surface area contributed by atoms with Gasteiger partial charge < -0.3 is 0 Å². The first kappa shape index (κ1) is 10.8. The van der Waals surface area contributed by atoms with Crippen LogP contribution >= 0.6 is 22.6 Å². The van der Waals surface area contributed by atoms with Gasteiger partial charge in [0, 0.05) is 29.2 Å².